The summed E-state index contributed by atoms with van der Waals surface area (Å²) in [5.41, 5.74) is 5.36. The van der Waals surface area contributed by atoms with Crippen molar-refractivity contribution in [2.75, 3.05) is 5.73 Å². The van der Waals surface area contributed by atoms with Crippen molar-refractivity contribution in [2.24, 2.45) is 0 Å². The molecule has 3 N–H and O–H groups in total. The topological polar surface area (TPSA) is 97.8 Å². The molecule has 0 radical (unpaired) electrons. The molecule has 66 valence electrons. The molecule has 0 aliphatic carbocycles. The van der Waals surface area contributed by atoms with Gasteiger partial charge in [0.1, 0.15) is 5.56 Å². The zero-order valence-corrected chi connectivity index (χ0v) is 6.52. The Morgan fingerprint density at radius 2 is 2.38 bits per heavy atom. The molecule has 6 nitrogen and oxygen atoms in total. The SMILES string of the molecule is Nc1noc(-c2c[nH]ccc2=O)n1. The average molecular weight is 178 g/mol. The van der Waals surface area contributed by atoms with Crippen LogP contribution in [0.1, 0.15) is 0 Å². The van der Waals surface area contributed by atoms with Gasteiger partial charge >= 0.3 is 0 Å². The average Bonchev–Trinajstić information content (AvgIpc) is 2.53. The number of nitrogens with zero attached hydrogens (tertiary/aromatic N) is 2. The molecular weight excluding hydrogens is 172 g/mol. The Hall–Kier alpha value is -2.11. The van der Waals surface area contributed by atoms with Crippen LogP contribution in [0.4, 0.5) is 5.95 Å². The van der Waals surface area contributed by atoms with Gasteiger partial charge < -0.3 is 15.2 Å². The molecule has 2 aromatic heterocycles. The number of pyridine rings is 1. The number of anilines is 1. The second-order valence-electron chi connectivity index (χ2n) is 2.38. The Kier molecular flexibility index (Phi) is 1.59. The third-order valence-electron chi connectivity index (χ3n) is 1.50. The number of hydrogen-bond donors (Lipinski definition) is 2. The van der Waals surface area contributed by atoms with E-state index >= 15 is 0 Å². The maximum atomic E-state index is 11.2. The van der Waals surface area contributed by atoms with Gasteiger partial charge in [0.15, 0.2) is 5.43 Å². The van der Waals surface area contributed by atoms with E-state index in [4.69, 9.17) is 10.3 Å². The summed E-state index contributed by atoms with van der Waals surface area (Å²) in [6.45, 7) is 0. The number of rotatable bonds is 1. The van der Waals surface area contributed by atoms with Gasteiger partial charge in [-0.15, -0.1) is 0 Å². The molecule has 6 heteroatoms. The van der Waals surface area contributed by atoms with E-state index in [1.165, 1.54) is 18.5 Å². The van der Waals surface area contributed by atoms with Crippen LogP contribution in [0.3, 0.4) is 0 Å². The van der Waals surface area contributed by atoms with E-state index in [0.29, 0.717) is 5.56 Å². The Morgan fingerprint density at radius 3 is 3.00 bits per heavy atom. The molecule has 0 spiro atoms. The van der Waals surface area contributed by atoms with E-state index in [1.54, 1.807) is 0 Å². The molecular formula is C7H6N4O2. The first-order valence-electron chi connectivity index (χ1n) is 3.54. The quantitative estimate of drug-likeness (QED) is 0.640. The first-order valence-corrected chi connectivity index (χ1v) is 3.54. The number of aromatic amines is 1. The van der Waals surface area contributed by atoms with Crippen molar-refractivity contribution in [2.45, 2.75) is 0 Å². The lowest BCUT2D eigenvalue weighted by Gasteiger charge is -1.89. The summed E-state index contributed by atoms with van der Waals surface area (Å²) in [5.74, 6) is 0.137. The lowest BCUT2D eigenvalue weighted by atomic mass is 10.3. The monoisotopic (exact) mass is 178 g/mol. The van der Waals surface area contributed by atoms with Crippen molar-refractivity contribution in [1.82, 2.24) is 15.1 Å². The van der Waals surface area contributed by atoms with E-state index in [0.717, 1.165) is 0 Å². The van der Waals surface area contributed by atoms with Crippen molar-refractivity contribution in [3.05, 3.63) is 28.7 Å². The fraction of sp³-hybridized carbons (Fsp3) is 0. The predicted molar refractivity (Wildman–Crippen MR) is 44.8 cm³/mol. The molecule has 0 unspecified atom stereocenters. The Balaban J connectivity index is 2.59. The van der Waals surface area contributed by atoms with Crippen molar-refractivity contribution >= 4 is 5.95 Å². The van der Waals surface area contributed by atoms with Gasteiger partial charge in [-0.05, 0) is 5.16 Å². The summed E-state index contributed by atoms with van der Waals surface area (Å²) in [6.07, 6.45) is 3.00. The highest BCUT2D eigenvalue weighted by Crippen LogP contribution is 2.11. The highest BCUT2D eigenvalue weighted by Gasteiger charge is 2.09. The largest absolute Gasteiger partial charge is 0.367 e. The minimum Gasteiger partial charge on any atom is -0.367 e. The molecule has 2 rings (SSSR count). The maximum absolute atomic E-state index is 11.2. The molecule has 0 bridgehead atoms. The summed E-state index contributed by atoms with van der Waals surface area (Å²) in [4.78, 5) is 17.7. The summed E-state index contributed by atoms with van der Waals surface area (Å²) < 4.78 is 4.73. The second kappa shape index (κ2) is 2.74. The minimum atomic E-state index is -0.192. The van der Waals surface area contributed by atoms with Crippen LogP contribution in [0, 0.1) is 0 Å². The lowest BCUT2D eigenvalue weighted by molar-refractivity contribution is 0.432. The fourth-order valence-corrected chi connectivity index (χ4v) is 0.928. The van der Waals surface area contributed by atoms with Crippen molar-refractivity contribution in [3.63, 3.8) is 0 Å². The molecule has 0 saturated carbocycles. The molecule has 0 aromatic carbocycles. The Bertz CT molecular complexity index is 473. The molecule has 13 heavy (non-hydrogen) atoms. The smallest absolute Gasteiger partial charge is 0.264 e. The van der Waals surface area contributed by atoms with Crippen LogP contribution in [0.2, 0.25) is 0 Å². The van der Waals surface area contributed by atoms with Gasteiger partial charge in [0, 0.05) is 18.5 Å². The molecule has 0 saturated heterocycles. The summed E-state index contributed by atoms with van der Waals surface area (Å²) in [7, 11) is 0. The summed E-state index contributed by atoms with van der Waals surface area (Å²) in [6, 6.07) is 1.37. The predicted octanol–water partition coefficient (Wildman–Crippen LogP) is 0.00710. The van der Waals surface area contributed by atoms with Crippen LogP contribution in [0.25, 0.3) is 11.5 Å². The van der Waals surface area contributed by atoms with Gasteiger partial charge in [-0.2, -0.15) is 4.98 Å². The molecule has 0 aliphatic rings. The highest BCUT2D eigenvalue weighted by molar-refractivity contribution is 5.51. The van der Waals surface area contributed by atoms with Crippen LogP contribution in [-0.4, -0.2) is 15.1 Å². The summed E-state index contributed by atoms with van der Waals surface area (Å²) >= 11 is 0. The van der Waals surface area contributed by atoms with Crippen LogP contribution in [0.5, 0.6) is 0 Å². The lowest BCUT2D eigenvalue weighted by Crippen LogP contribution is -2.02. The Labute approximate surface area is 72.4 Å². The standard InChI is InChI=1S/C7H6N4O2/c8-7-10-6(13-11-7)4-3-9-2-1-5(4)12/h1-3H,(H2,8,11)(H,9,12). The van der Waals surface area contributed by atoms with Crippen LogP contribution in [-0.2, 0) is 0 Å². The van der Waals surface area contributed by atoms with E-state index in [1.807, 2.05) is 0 Å². The zero-order chi connectivity index (χ0) is 9.26. The van der Waals surface area contributed by atoms with Gasteiger partial charge in [-0.1, -0.05) is 0 Å². The normalized spacial score (nSPS) is 10.2. The number of nitrogens with one attached hydrogen (secondary N) is 1. The van der Waals surface area contributed by atoms with Crippen molar-refractivity contribution in [3.8, 4) is 11.5 Å². The third-order valence-corrected chi connectivity index (χ3v) is 1.50. The van der Waals surface area contributed by atoms with E-state index in [-0.39, 0.29) is 17.3 Å². The fourth-order valence-electron chi connectivity index (χ4n) is 0.928. The Morgan fingerprint density at radius 1 is 1.54 bits per heavy atom. The molecule has 0 fully saturated rings. The number of nitrogen functional groups attached to an aromatic ring is 1. The van der Waals surface area contributed by atoms with Gasteiger partial charge in [-0.25, -0.2) is 0 Å². The minimum absolute atomic E-state index is 0.0123. The van der Waals surface area contributed by atoms with Crippen LogP contribution in [0.15, 0.2) is 27.8 Å². The van der Waals surface area contributed by atoms with E-state index in [9.17, 15) is 4.79 Å². The van der Waals surface area contributed by atoms with Gasteiger partial charge in [0.2, 0.25) is 0 Å². The van der Waals surface area contributed by atoms with Crippen LogP contribution >= 0.6 is 0 Å². The number of aromatic nitrogens is 3. The van der Waals surface area contributed by atoms with Crippen molar-refractivity contribution in [1.29, 1.82) is 0 Å². The van der Waals surface area contributed by atoms with Crippen LogP contribution < -0.4 is 11.2 Å². The third kappa shape index (κ3) is 1.28. The highest BCUT2D eigenvalue weighted by atomic mass is 16.5. The van der Waals surface area contributed by atoms with E-state index in [2.05, 4.69) is 15.1 Å². The molecule has 0 atom stereocenters. The zero-order valence-electron chi connectivity index (χ0n) is 6.52. The molecule has 0 amide bonds. The second-order valence-corrected chi connectivity index (χ2v) is 2.38. The molecule has 2 aromatic rings. The number of hydrogen-bond acceptors (Lipinski definition) is 5. The first-order chi connectivity index (χ1) is 6.27. The summed E-state index contributed by atoms with van der Waals surface area (Å²) in [5, 5.41) is 3.37. The molecule has 2 heterocycles. The molecule has 0 aliphatic heterocycles. The van der Waals surface area contributed by atoms with Crippen molar-refractivity contribution < 1.29 is 4.52 Å². The van der Waals surface area contributed by atoms with E-state index < -0.39 is 0 Å². The number of H-pyrrole nitrogens is 1. The number of nitrogens with two attached hydrogens (primary N) is 1. The van der Waals surface area contributed by atoms with Gasteiger partial charge in [0.05, 0.1) is 0 Å². The van der Waals surface area contributed by atoms with Gasteiger partial charge in [-0.3, -0.25) is 4.79 Å². The first kappa shape index (κ1) is 7.53. The van der Waals surface area contributed by atoms with Gasteiger partial charge in [0.25, 0.3) is 11.8 Å². The maximum Gasteiger partial charge on any atom is 0.264 e.